The summed E-state index contributed by atoms with van der Waals surface area (Å²) in [4.78, 5) is 37.5. The van der Waals surface area contributed by atoms with Crippen LogP contribution < -0.4 is 5.43 Å². The lowest BCUT2D eigenvalue weighted by molar-refractivity contribution is -0.206. The number of hydrazone groups is 1. The van der Waals surface area contributed by atoms with Crippen LogP contribution in [-0.4, -0.2) is 58.9 Å². The van der Waals surface area contributed by atoms with Crippen molar-refractivity contribution in [3.8, 4) is 0 Å². The highest BCUT2D eigenvalue weighted by molar-refractivity contribution is 6.01. The van der Waals surface area contributed by atoms with Crippen LogP contribution >= 0.6 is 0 Å². The number of ketones is 2. The molecule has 0 bridgehead atoms. The number of nitrogens with zero attached hydrogens (tertiary/aromatic N) is 1. The Morgan fingerprint density at radius 1 is 1.29 bits per heavy atom. The fourth-order valence-electron chi connectivity index (χ4n) is 8.05. The van der Waals surface area contributed by atoms with E-state index in [1.54, 1.807) is 13.1 Å². The van der Waals surface area contributed by atoms with Crippen molar-refractivity contribution in [1.82, 2.24) is 5.43 Å². The normalized spacial score (nSPS) is 47.2. The number of alkyl halides is 2. The Bertz CT molecular complexity index is 1070. The third kappa shape index (κ3) is 2.90. The molecule has 35 heavy (non-hydrogen) atoms. The number of esters is 1. The monoisotopic (exact) mass is 490 g/mol. The summed E-state index contributed by atoms with van der Waals surface area (Å²) in [6.07, 6.45) is 3.31. The number of carbonyl (C=O) groups excluding carboxylic acids is 3. The minimum atomic E-state index is -2.21. The topological polar surface area (TPSA) is 105 Å². The zero-order valence-corrected chi connectivity index (χ0v) is 20.2. The number of ether oxygens (including phenoxy) is 1. The first-order valence-corrected chi connectivity index (χ1v) is 12.4. The van der Waals surface area contributed by atoms with Gasteiger partial charge >= 0.3 is 5.97 Å². The number of rotatable bonds is 5. The van der Waals surface area contributed by atoms with Crippen LogP contribution in [0, 0.1) is 28.6 Å². The molecule has 0 saturated heterocycles. The average molecular weight is 491 g/mol. The summed E-state index contributed by atoms with van der Waals surface area (Å²) in [5.74, 6) is -2.99. The third-order valence-corrected chi connectivity index (χ3v) is 9.74. The van der Waals surface area contributed by atoms with Crippen LogP contribution in [0.4, 0.5) is 8.78 Å². The first kappa shape index (κ1) is 24.3. The molecule has 3 saturated carbocycles. The Kier molecular flexibility index (Phi) is 5.40. The van der Waals surface area contributed by atoms with E-state index in [1.165, 1.54) is 12.2 Å². The molecule has 9 atom stereocenters. The molecule has 0 amide bonds. The van der Waals surface area contributed by atoms with Gasteiger partial charge in [0.05, 0.1) is 6.10 Å². The van der Waals surface area contributed by atoms with Gasteiger partial charge in [-0.1, -0.05) is 19.9 Å². The molecule has 0 aromatic carbocycles. The van der Waals surface area contributed by atoms with E-state index in [0.717, 1.165) is 6.08 Å². The highest BCUT2D eigenvalue weighted by atomic mass is 19.1. The van der Waals surface area contributed by atoms with Gasteiger partial charge in [-0.3, -0.25) is 19.8 Å². The van der Waals surface area contributed by atoms with Crippen molar-refractivity contribution < 1.29 is 33.0 Å². The number of aliphatic hydroxyl groups is 1. The van der Waals surface area contributed by atoms with Crippen LogP contribution in [-0.2, 0) is 19.1 Å². The predicted molar refractivity (Wildman–Crippen MR) is 123 cm³/mol. The van der Waals surface area contributed by atoms with Gasteiger partial charge in [-0.05, 0) is 56.3 Å². The predicted octanol–water partition coefficient (Wildman–Crippen LogP) is 2.77. The Labute approximate surface area is 203 Å². The number of nitrogens with one attached hydrogen (secondary N) is 1. The summed E-state index contributed by atoms with van der Waals surface area (Å²) in [5, 5.41) is 15.6. The second kappa shape index (κ2) is 7.79. The van der Waals surface area contributed by atoms with E-state index in [2.05, 4.69) is 10.5 Å². The van der Waals surface area contributed by atoms with E-state index in [0.29, 0.717) is 12.8 Å². The molecule has 1 heterocycles. The van der Waals surface area contributed by atoms with Crippen LogP contribution in [0.3, 0.4) is 0 Å². The van der Waals surface area contributed by atoms with Crippen LogP contribution in [0.25, 0.3) is 0 Å². The summed E-state index contributed by atoms with van der Waals surface area (Å²) in [6.45, 7) is 4.77. The summed E-state index contributed by atoms with van der Waals surface area (Å²) in [6, 6.07) is 0. The second-order valence-corrected chi connectivity index (χ2v) is 11.2. The van der Waals surface area contributed by atoms with Crippen molar-refractivity contribution >= 4 is 23.8 Å². The zero-order valence-electron chi connectivity index (χ0n) is 20.2. The van der Waals surface area contributed by atoms with Crippen molar-refractivity contribution in [2.75, 3.05) is 6.61 Å². The molecule has 7 nitrogen and oxygen atoms in total. The lowest BCUT2D eigenvalue weighted by Crippen LogP contribution is -2.72. The number of halogens is 2. The van der Waals surface area contributed by atoms with E-state index in [-0.39, 0.29) is 30.6 Å². The van der Waals surface area contributed by atoms with Gasteiger partial charge in [0.15, 0.2) is 23.8 Å². The first-order valence-electron chi connectivity index (χ1n) is 12.4. The maximum Gasteiger partial charge on any atom is 0.306 e. The molecule has 5 aliphatic rings. The molecule has 2 N–H and O–H groups in total. The van der Waals surface area contributed by atoms with E-state index >= 15 is 8.78 Å². The fraction of sp³-hybridized carbons (Fsp3) is 0.692. The van der Waals surface area contributed by atoms with Gasteiger partial charge in [-0.2, -0.15) is 5.10 Å². The van der Waals surface area contributed by atoms with Gasteiger partial charge in [0, 0.05) is 35.3 Å². The standard InChI is InChI=1S/C26H32F2N2O5/c1-4-5-22(34)35-13-21(33)26-14(12-29-30-26)8-16-17-10-19(27)18-9-15(31)6-7-23(18,2)25(17,28)20(32)11-24(16,26)3/h6-7,9,12,14,16-17,19-20,30,32H,4-5,8,10-11,13H2,1-3H3. The highest BCUT2D eigenvalue weighted by Gasteiger charge is 2.78. The van der Waals surface area contributed by atoms with Crippen molar-refractivity contribution in [3.05, 3.63) is 23.8 Å². The van der Waals surface area contributed by atoms with Crippen molar-refractivity contribution in [2.24, 2.45) is 33.7 Å². The van der Waals surface area contributed by atoms with Crippen LogP contribution in [0.2, 0.25) is 0 Å². The Hall–Kier alpha value is -2.42. The Morgan fingerprint density at radius 3 is 2.74 bits per heavy atom. The van der Waals surface area contributed by atoms with Crippen LogP contribution in [0.15, 0.2) is 28.9 Å². The number of aliphatic hydroxyl groups excluding tert-OH is 1. The molecule has 1 aliphatic heterocycles. The van der Waals surface area contributed by atoms with Gasteiger partial charge in [-0.25, -0.2) is 8.78 Å². The number of hydrogen-bond donors (Lipinski definition) is 2. The average Bonchev–Trinajstić information content (AvgIpc) is 3.33. The third-order valence-electron chi connectivity index (χ3n) is 9.74. The number of allylic oxidation sites excluding steroid dienone is 4. The molecule has 4 aliphatic carbocycles. The van der Waals surface area contributed by atoms with E-state index in [4.69, 9.17) is 4.74 Å². The van der Waals surface area contributed by atoms with Gasteiger partial charge in [0.25, 0.3) is 0 Å². The smallest absolute Gasteiger partial charge is 0.306 e. The molecule has 0 spiro atoms. The summed E-state index contributed by atoms with van der Waals surface area (Å²) in [5.41, 5.74) is -2.90. The van der Waals surface area contributed by atoms with Gasteiger partial charge in [0.1, 0.15) is 11.7 Å². The van der Waals surface area contributed by atoms with E-state index < -0.39 is 70.4 Å². The molecule has 0 radical (unpaired) electrons. The van der Waals surface area contributed by atoms with Crippen molar-refractivity contribution in [2.45, 2.75) is 76.4 Å². The fourth-order valence-corrected chi connectivity index (χ4v) is 8.05. The number of hydrogen-bond acceptors (Lipinski definition) is 7. The molecule has 3 fully saturated rings. The molecule has 9 heteroatoms. The van der Waals surface area contributed by atoms with Gasteiger partial charge in [-0.15, -0.1) is 0 Å². The summed E-state index contributed by atoms with van der Waals surface area (Å²) < 4.78 is 38.0. The van der Waals surface area contributed by atoms with E-state index in [9.17, 15) is 19.5 Å². The highest BCUT2D eigenvalue weighted by Crippen LogP contribution is 2.71. The SMILES string of the molecule is CCCC(=O)OCC(=O)C12NN=CC1CC1C3CC(F)C4=CC(=O)C=CC4(C)C3(F)C(O)CC12C. The first-order chi connectivity index (χ1) is 16.5. The number of Topliss-reactive ketones (excluding diaryl/α,β-unsaturated/α-hetero) is 1. The summed E-state index contributed by atoms with van der Waals surface area (Å²) >= 11 is 0. The molecule has 0 aromatic rings. The minimum absolute atomic E-state index is 0.0617. The maximum absolute atomic E-state index is 17.3. The van der Waals surface area contributed by atoms with E-state index in [1.807, 2.05) is 13.8 Å². The molecule has 5 rings (SSSR count). The Balaban J connectivity index is 1.54. The summed E-state index contributed by atoms with van der Waals surface area (Å²) in [7, 11) is 0. The number of carbonyl (C=O) groups is 3. The molecule has 9 unspecified atom stereocenters. The zero-order chi connectivity index (χ0) is 25.4. The van der Waals surface area contributed by atoms with Gasteiger partial charge in [0.2, 0.25) is 0 Å². The number of fused-ring (bicyclic) bond motifs is 7. The largest absolute Gasteiger partial charge is 0.458 e. The Morgan fingerprint density at radius 2 is 2.03 bits per heavy atom. The molecule has 190 valence electrons. The lowest BCUT2D eigenvalue weighted by atomic mass is 9.44. The van der Waals surface area contributed by atoms with Crippen LogP contribution in [0.5, 0.6) is 0 Å². The second-order valence-electron chi connectivity index (χ2n) is 11.2. The lowest BCUT2D eigenvalue weighted by Gasteiger charge is -2.63. The van der Waals surface area contributed by atoms with Crippen LogP contribution in [0.1, 0.15) is 52.9 Å². The molecule has 0 aromatic heterocycles. The quantitative estimate of drug-likeness (QED) is 0.575. The maximum atomic E-state index is 17.3. The van der Waals surface area contributed by atoms with Gasteiger partial charge < -0.3 is 9.84 Å². The van der Waals surface area contributed by atoms with Crippen molar-refractivity contribution in [1.29, 1.82) is 0 Å². The minimum Gasteiger partial charge on any atom is -0.458 e. The molecular formula is C26H32F2N2O5. The molecular weight excluding hydrogens is 458 g/mol. The van der Waals surface area contributed by atoms with Crippen molar-refractivity contribution in [3.63, 3.8) is 0 Å².